The van der Waals surface area contributed by atoms with Gasteiger partial charge in [-0.3, -0.25) is 0 Å². The van der Waals surface area contributed by atoms with Gasteiger partial charge in [-0.15, -0.1) is 0 Å². The zero-order valence-corrected chi connectivity index (χ0v) is 4.93. The van der Waals surface area contributed by atoms with E-state index in [4.69, 9.17) is 5.16 Å². The van der Waals surface area contributed by atoms with E-state index in [9.17, 15) is 4.39 Å². The van der Waals surface area contributed by atoms with Gasteiger partial charge in [0.1, 0.15) is 21.5 Å². The van der Waals surface area contributed by atoms with Crippen molar-refractivity contribution in [3.8, 4) is 0 Å². The number of hydrogen-bond acceptors (Lipinski definition) is 1. The van der Waals surface area contributed by atoms with Crippen molar-refractivity contribution in [1.29, 1.82) is 5.16 Å². The summed E-state index contributed by atoms with van der Waals surface area (Å²) in [5.74, 6) is 0. The van der Waals surface area contributed by atoms with Crippen LogP contribution in [0, 0.1) is 5.16 Å². The Morgan fingerprint density at radius 2 is 1.83 bits per heavy atom. The van der Waals surface area contributed by atoms with Crippen molar-refractivity contribution in [2.24, 2.45) is 0 Å². The van der Waals surface area contributed by atoms with E-state index in [0.29, 0.717) is 0 Å². The average Bonchev–Trinajstić information content (AvgIpc) is 1.35. The minimum atomic E-state index is -1.81. The summed E-state index contributed by atoms with van der Waals surface area (Å²) in [6.45, 7) is -1.81. The van der Waals surface area contributed by atoms with Gasteiger partial charge in [-0.1, -0.05) is 6.81 Å². The Hall–Kier alpha value is 0.290. The first-order valence-corrected chi connectivity index (χ1v) is 4.57. The summed E-state index contributed by atoms with van der Waals surface area (Å²) in [6.07, 6.45) is -0.451. The molecular formula is CH7B2FNP. The Morgan fingerprint density at radius 1 is 1.67 bits per heavy atom. The molecular weight excluding hydrogens is 97.6 g/mol. The first kappa shape index (κ1) is 6.29. The van der Waals surface area contributed by atoms with Crippen LogP contribution in [0.15, 0.2) is 0 Å². The molecule has 0 aliphatic rings. The fraction of sp³-hybridized carbons (Fsp3) is 1.00. The van der Waals surface area contributed by atoms with E-state index in [2.05, 4.69) is 0 Å². The van der Waals surface area contributed by atoms with Gasteiger partial charge in [-0.2, -0.15) is 0 Å². The minimum absolute atomic E-state index is 0.451. The van der Waals surface area contributed by atoms with Gasteiger partial charge >= 0.3 is 0 Å². The molecule has 0 aromatic heterocycles. The summed E-state index contributed by atoms with van der Waals surface area (Å²) in [5.41, 5.74) is 0. The molecule has 0 rings (SSSR count). The molecule has 0 aliphatic carbocycles. The second-order valence-corrected chi connectivity index (χ2v) is 5.41. The van der Waals surface area contributed by atoms with Crippen molar-refractivity contribution >= 4 is 21.9 Å². The molecule has 0 fully saturated rings. The van der Waals surface area contributed by atoms with Crippen LogP contribution < -0.4 is 0 Å². The van der Waals surface area contributed by atoms with Crippen LogP contribution in [0.2, 0.25) is 0 Å². The lowest BCUT2D eigenvalue weighted by Gasteiger charge is -1.98. The third-order valence-corrected chi connectivity index (χ3v) is 0.896. The normalized spacial score (nSPS) is 11.5. The summed E-state index contributed by atoms with van der Waals surface area (Å²) < 4.78 is 11.4. The first-order chi connectivity index (χ1) is 2.56. The Morgan fingerprint density at radius 3 is 1.83 bits per heavy atom. The maximum atomic E-state index is 11.4. The van der Waals surface area contributed by atoms with E-state index in [-0.39, 0.29) is 0 Å². The molecule has 0 aromatic rings. The van der Waals surface area contributed by atoms with Gasteiger partial charge in [-0.25, -0.2) is 4.39 Å². The van der Waals surface area contributed by atoms with Gasteiger partial charge in [0.15, 0.2) is 0 Å². The predicted octanol–water partition coefficient (Wildman–Crippen LogP) is -0.210. The molecule has 0 saturated heterocycles. The summed E-state index contributed by atoms with van der Waals surface area (Å²) in [5, 5.41) is 6.92. The number of rotatable bonds is 1. The smallest absolute Gasteiger partial charge is 0.148 e. The highest BCUT2D eigenvalue weighted by Gasteiger charge is 1.96. The predicted molar refractivity (Wildman–Crippen MR) is 32.7 cm³/mol. The molecule has 0 amide bonds. The molecule has 0 spiro atoms. The lowest BCUT2D eigenvalue weighted by Crippen LogP contribution is -1.76. The van der Waals surface area contributed by atoms with Gasteiger partial charge in [0, 0.05) is 0 Å². The summed E-state index contributed by atoms with van der Waals surface area (Å²) in [4.78, 5) is 0. The van der Waals surface area contributed by atoms with Crippen molar-refractivity contribution in [3.05, 3.63) is 0 Å². The van der Waals surface area contributed by atoms with Crippen LogP contribution in [-0.4, -0.2) is 21.5 Å². The monoisotopic (exact) mass is 105 g/mol. The van der Waals surface area contributed by atoms with E-state index < -0.39 is 13.2 Å². The van der Waals surface area contributed by atoms with Crippen molar-refractivity contribution in [2.75, 3.05) is 6.42 Å². The van der Waals surface area contributed by atoms with Gasteiger partial charge in [0.25, 0.3) is 0 Å². The second kappa shape index (κ2) is 1.83. The Bertz CT molecular complexity index is 77.6. The quantitative estimate of drug-likeness (QED) is 0.352. The van der Waals surface area contributed by atoms with E-state index in [0.717, 1.165) is 0 Å². The maximum Gasteiger partial charge on any atom is 0.148 e. The van der Waals surface area contributed by atoms with Crippen LogP contribution >= 0.6 is 6.81 Å². The standard InChI is InChI=1S/CH7B2FNP/c2-6(3,5)1-4/h5H,1-3H2. The summed E-state index contributed by atoms with van der Waals surface area (Å²) >= 11 is 0. The fourth-order valence-electron chi connectivity index (χ4n) is 0. The summed E-state index contributed by atoms with van der Waals surface area (Å²) in [7, 11) is 3.29. The van der Waals surface area contributed by atoms with Gasteiger partial charge in [0.05, 0.1) is 0 Å². The number of nitrogens with one attached hydrogen (secondary N) is 1. The van der Waals surface area contributed by atoms with Crippen LogP contribution in [0.1, 0.15) is 0 Å². The van der Waals surface area contributed by atoms with E-state index in [1.165, 1.54) is 0 Å². The Labute approximate surface area is 38.9 Å². The topological polar surface area (TPSA) is 23.9 Å². The molecule has 0 unspecified atom stereocenters. The maximum absolute atomic E-state index is 11.4. The lowest BCUT2D eigenvalue weighted by atomic mass is 10.7. The molecule has 0 atom stereocenters. The van der Waals surface area contributed by atoms with Gasteiger partial charge in [-0.05, 0) is 0 Å². The van der Waals surface area contributed by atoms with Gasteiger partial charge < -0.3 is 5.16 Å². The molecule has 0 bridgehead atoms. The molecule has 1 nitrogen and oxygen atoms in total. The second-order valence-electron chi connectivity index (χ2n) is 1.80. The first-order valence-electron chi connectivity index (χ1n) is 1.70. The molecule has 1 N–H and O–H groups in total. The highest BCUT2D eigenvalue weighted by atomic mass is 31.2. The highest BCUT2D eigenvalue weighted by molar-refractivity contribution is 8.06. The van der Waals surface area contributed by atoms with Crippen molar-refractivity contribution in [1.82, 2.24) is 0 Å². The molecule has 0 saturated carbocycles. The highest BCUT2D eigenvalue weighted by Crippen LogP contribution is 2.33. The number of halogens is 1. The lowest BCUT2D eigenvalue weighted by molar-refractivity contribution is 0.601. The van der Waals surface area contributed by atoms with E-state index in [1.54, 1.807) is 15.1 Å². The zero-order chi connectivity index (χ0) is 5.21. The Kier molecular flexibility index (Phi) is 1.92. The largest absolute Gasteiger partial charge is 0.335 e. The van der Waals surface area contributed by atoms with Crippen LogP contribution in [0.3, 0.4) is 0 Å². The number of hydrogen-bond donors (Lipinski definition) is 1. The van der Waals surface area contributed by atoms with Crippen LogP contribution in [-0.2, 0) is 0 Å². The third kappa shape index (κ3) is 4.29. The molecule has 6 heavy (non-hydrogen) atoms. The molecule has 0 radical (unpaired) electrons. The van der Waals surface area contributed by atoms with E-state index >= 15 is 0 Å². The third-order valence-electron chi connectivity index (χ3n) is 0.299. The zero-order valence-electron chi connectivity index (χ0n) is 4.03. The molecule has 5 heteroatoms. The molecule has 0 aromatic carbocycles. The summed E-state index contributed by atoms with van der Waals surface area (Å²) in [6, 6.07) is 0. The molecule has 0 aliphatic heterocycles. The van der Waals surface area contributed by atoms with Crippen LogP contribution in [0.25, 0.3) is 0 Å². The molecule has 34 valence electrons. The van der Waals surface area contributed by atoms with Crippen molar-refractivity contribution < 1.29 is 4.39 Å². The average molecular weight is 105 g/mol. The Balaban J connectivity index is 3.48. The van der Waals surface area contributed by atoms with Crippen LogP contribution in [0.4, 0.5) is 4.39 Å². The number of alkyl halides is 1. The van der Waals surface area contributed by atoms with Crippen LogP contribution in [0.5, 0.6) is 0 Å². The SMILES string of the molecule is BP(B)(=N)CF. The van der Waals surface area contributed by atoms with Crippen molar-refractivity contribution in [3.63, 3.8) is 0 Å². The molecule has 0 heterocycles. The fourth-order valence-corrected chi connectivity index (χ4v) is 0. The minimum Gasteiger partial charge on any atom is -0.335 e. The van der Waals surface area contributed by atoms with Crippen molar-refractivity contribution in [2.45, 2.75) is 0 Å². The van der Waals surface area contributed by atoms with E-state index in [1.807, 2.05) is 0 Å². The van der Waals surface area contributed by atoms with Gasteiger partial charge in [0.2, 0.25) is 0 Å².